The van der Waals surface area contributed by atoms with E-state index >= 15 is 0 Å². The Labute approximate surface area is 140 Å². The van der Waals surface area contributed by atoms with E-state index in [0.717, 1.165) is 16.9 Å². The van der Waals surface area contributed by atoms with Crippen LogP contribution in [0.2, 0.25) is 0 Å². The second kappa shape index (κ2) is 6.38. The van der Waals surface area contributed by atoms with E-state index in [2.05, 4.69) is 5.32 Å². The van der Waals surface area contributed by atoms with E-state index in [9.17, 15) is 9.90 Å². The van der Waals surface area contributed by atoms with Gasteiger partial charge in [0.05, 0.1) is 5.92 Å². The molecule has 0 aliphatic carbocycles. The smallest absolute Gasteiger partial charge is 0.311 e. The van der Waals surface area contributed by atoms with Gasteiger partial charge in [-0.15, -0.1) is 0 Å². The van der Waals surface area contributed by atoms with Crippen molar-refractivity contribution in [1.29, 1.82) is 0 Å². The maximum atomic E-state index is 11.6. The van der Waals surface area contributed by atoms with Crippen molar-refractivity contribution < 1.29 is 9.90 Å². The molecule has 0 bridgehead atoms. The lowest BCUT2D eigenvalue weighted by atomic mass is 9.86. The SMILES string of the molecule is CC1CC(C(=O)O)c2ccccc2N1C(=S)Nc1ccccc1. The molecule has 1 heterocycles. The number of thiocarbonyl (C=S) groups is 1. The zero-order valence-electron chi connectivity index (χ0n) is 12.8. The number of anilines is 2. The van der Waals surface area contributed by atoms with E-state index in [0.29, 0.717) is 11.5 Å². The molecule has 0 spiro atoms. The van der Waals surface area contributed by atoms with Gasteiger partial charge in [0.2, 0.25) is 0 Å². The number of carboxylic acid groups (broad SMARTS) is 1. The molecule has 1 aliphatic heterocycles. The highest BCUT2D eigenvalue weighted by atomic mass is 32.1. The van der Waals surface area contributed by atoms with Crippen LogP contribution in [0, 0.1) is 0 Å². The zero-order chi connectivity index (χ0) is 16.4. The van der Waals surface area contributed by atoms with Gasteiger partial charge in [0, 0.05) is 17.4 Å². The van der Waals surface area contributed by atoms with Crippen LogP contribution in [0.15, 0.2) is 54.6 Å². The lowest BCUT2D eigenvalue weighted by Crippen LogP contribution is -2.46. The van der Waals surface area contributed by atoms with Gasteiger partial charge in [-0.2, -0.15) is 0 Å². The molecule has 0 fully saturated rings. The van der Waals surface area contributed by atoms with Gasteiger partial charge in [-0.1, -0.05) is 36.4 Å². The highest BCUT2D eigenvalue weighted by Crippen LogP contribution is 2.38. The van der Waals surface area contributed by atoms with Crippen LogP contribution in [-0.4, -0.2) is 22.2 Å². The van der Waals surface area contributed by atoms with Gasteiger partial charge in [0.1, 0.15) is 0 Å². The Bertz CT molecular complexity index is 733. The summed E-state index contributed by atoms with van der Waals surface area (Å²) < 4.78 is 0. The Morgan fingerprint density at radius 1 is 1.17 bits per heavy atom. The van der Waals surface area contributed by atoms with Gasteiger partial charge < -0.3 is 15.3 Å². The lowest BCUT2D eigenvalue weighted by Gasteiger charge is -2.39. The van der Waals surface area contributed by atoms with Crippen molar-refractivity contribution in [1.82, 2.24) is 0 Å². The van der Waals surface area contributed by atoms with Crippen LogP contribution in [0.3, 0.4) is 0 Å². The van der Waals surface area contributed by atoms with Crippen molar-refractivity contribution in [2.24, 2.45) is 0 Å². The van der Waals surface area contributed by atoms with Gasteiger partial charge in [-0.05, 0) is 49.3 Å². The summed E-state index contributed by atoms with van der Waals surface area (Å²) in [5.41, 5.74) is 2.60. The zero-order valence-corrected chi connectivity index (χ0v) is 13.6. The number of carbonyl (C=O) groups is 1. The molecule has 2 atom stereocenters. The molecule has 2 aromatic rings. The average Bonchev–Trinajstić information content (AvgIpc) is 2.54. The van der Waals surface area contributed by atoms with Crippen LogP contribution in [-0.2, 0) is 4.79 Å². The molecular weight excluding hydrogens is 308 g/mol. The third-order valence-corrected chi connectivity index (χ3v) is 4.43. The van der Waals surface area contributed by atoms with Gasteiger partial charge in [-0.25, -0.2) is 0 Å². The molecular formula is C18H18N2O2S. The second-order valence-corrected chi connectivity index (χ2v) is 6.09. The molecule has 0 amide bonds. The molecule has 23 heavy (non-hydrogen) atoms. The fourth-order valence-corrected chi connectivity index (χ4v) is 3.46. The third kappa shape index (κ3) is 3.05. The Morgan fingerprint density at radius 2 is 1.83 bits per heavy atom. The van der Waals surface area contributed by atoms with Crippen molar-refractivity contribution in [3.63, 3.8) is 0 Å². The number of nitrogens with one attached hydrogen (secondary N) is 1. The van der Waals surface area contributed by atoms with Crippen molar-refractivity contribution >= 4 is 34.7 Å². The average molecular weight is 326 g/mol. The fraction of sp³-hybridized carbons (Fsp3) is 0.222. The number of nitrogens with zero attached hydrogens (tertiary/aromatic N) is 1. The number of benzene rings is 2. The van der Waals surface area contributed by atoms with Gasteiger partial charge in [-0.3, -0.25) is 4.79 Å². The summed E-state index contributed by atoms with van der Waals surface area (Å²) in [4.78, 5) is 13.6. The molecule has 0 radical (unpaired) electrons. The molecule has 2 unspecified atom stereocenters. The molecule has 1 aliphatic rings. The van der Waals surface area contributed by atoms with Crippen molar-refractivity contribution in [3.05, 3.63) is 60.2 Å². The van der Waals surface area contributed by atoms with Gasteiger partial charge in [0.15, 0.2) is 5.11 Å². The standard InChI is InChI=1S/C18H18N2O2S/c1-12-11-15(17(21)22)14-9-5-6-10-16(14)20(12)18(23)19-13-7-3-2-4-8-13/h2-10,12,15H,11H2,1H3,(H,19,23)(H,21,22). The first kappa shape index (κ1) is 15.5. The summed E-state index contributed by atoms with van der Waals surface area (Å²) >= 11 is 5.58. The maximum absolute atomic E-state index is 11.6. The number of rotatable bonds is 2. The number of fused-ring (bicyclic) bond motifs is 1. The minimum atomic E-state index is -0.786. The molecule has 2 N–H and O–H groups in total. The minimum absolute atomic E-state index is 0.00899. The lowest BCUT2D eigenvalue weighted by molar-refractivity contribution is -0.139. The van der Waals surface area contributed by atoms with Crippen LogP contribution < -0.4 is 10.2 Å². The summed E-state index contributed by atoms with van der Waals surface area (Å²) in [7, 11) is 0. The first-order valence-electron chi connectivity index (χ1n) is 7.55. The van der Waals surface area contributed by atoms with Crippen LogP contribution in [0.1, 0.15) is 24.8 Å². The Hall–Kier alpha value is -2.40. The highest BCUT2D eigenvalue weighted by molar-refractivity contribution is 7.80. The molecule has 0 saturated carbocycles. The Morgan fingerprint density at radius 3 is 2.52 bits per heavy atom. The van der Waals surface area contributed by atoms with E-state index in [-0.39, 0.29) is 6.04 Å². The number of carboxylic acids is 1. The Balaban J connectivity index is 1.94. The molecule has 2 aromatic carbocycles. The Kier molecular flexibility index (Phi) is 4.30. The molecule has 5 heteroatoms. The summed E-state index contributed by atoms with van der Waals surface area (Å²) in [5.74, 6) is -1.28. The molecule has 0 aromatic heterocycles. The van der Waals surface area contributed by atoms with E-state index in [1.54, 1.807) is 0 Å². The fourth-order valence-electron chi connectivity index (χ4n) is 3.06. The maximum Gasteiger partial charge on any atom is 0.311 e. The summed E-state index contributed by atoms with van der Waals surface area (Å²) in [6.07, 6.45) is 0.531. The molecule has 0 saturated heterocycles. The van der Waals surface area contributed by atoms with Crippen molar-refractivity contribution in [3.8, 4) is 0 Å². The summed E-state index contributed by atoms with van der Waals surface area (Å²) in [6.45, 7) is 2.00. The predicted octanol–water partition coefficient (Wildman–Crippen LogP) is 3.85. The van der Waals surface area contributed by atoms with E-state index in [1.807, 2.05) is 66.4 Å². The number of para-hydroxylation sites is 2. The largest absolute Gasteiger partial charge is 0.481 e. The monoisotopic (exact) mass is 326 g/mol. The number of aliphatic carboxylic acids is 1. The highest BCUT2D eigenvalue weighted by Gasteiger charge is 2.35. The van der Waals surface area contributed by atoms with Gasteiger partial charge >= 0.3 is 5.97 Å². The molecule has 3 rings (SSSR count). The third-order valence-electron chi connectivity index (χ3n) is 4.13. The molecule has 4 nitrogen and oxygen atoms in total. The number of hydrogen-bond donors (Lipinski definition) is 2. The summed E-state index contributed by atoms with van der Waals surface area (Å²) in [6, 6.07) is 17.3. The first-order valence-corrected chi connectivity index (χ1v) is 7.95. The van der Waals surface area contributed by atoms with Crippen molar-refractivity contribution in [2.45, 2.75) is 25.3 Å². The van der Waals surface area contributed by atoms with Crippen LogP contribution >= 0.6 is 12.2 Å². The van der Waals surface area contributed by atoms with E-state index in [4.69, 9.17) is 12.2 Å². The van der Waals surface area contributed by atoms with Crippen LogP contribution in [0.4, 0.5) is 11.4 Å². The predicted molar refractivity (Wildman–Crippen MR) is 96.0 cm³/mol. The normalized spacial score (nSPS) is 19.8. The first-order chi connectivity index (χ1) is 11.1. The quantitative estimate of drug-likeness (QED) is 0.821. The minimum Gasteiger partial charge on any atom is -0.481 e. The van der Waals surface area contributed by atoms with Crippen LogP contribution in [0.25, 0.3) is 0 Å². The molecule has 118 valence electrons. The van der Waals surface area contributed by atoms with Crippen LogP contribution in [0.5, 0.6) is 0 Å². The topological polar surface area (TPSA) is 52.6 Å². The second-order valence-electron chi connectivity index (χ2n) is 5.70. The van der Waals surface area contributed by atoms with Crippen molar-refractivity contribution in [2.75, 3.05) is 10.2 Å². The summed E-state index contributed by atoms with van der Waals surface area (Å²) in [5, 5.41) is 13.3. The van der Waals surface area contributed by atoms with E-state index < -0.39 is 11.9 Å². The number of hydrogen-bond acceptors (Lipinski definition) is 2. The van der Waals surface area contributed by atoms with Gasteiger partial charge in [0.25, 0.3) is 0 Å². The van der Waals surface area contributed by atoms with E-state index in [1.165, 1.54) is 0 Å².